The second kappa shape index (κ2) is 5.84. The van der Waals surface area contributed by atoms with Gasteiger partial charge in [-0.05, 0) is 29.8 Å². The van der Waals surface area contributed by atoms with Crippen LogP contribution in [0.5, 0.6) is 0 Å². The van der Waals surface area contributed by atoms with Gasteiger partial charge in [-0.25, -0.2) is 8.78 Å². The van der Waals surface area contributed by atoms with E-state index >= 15 is 0 Å². The van der Waals surface area contributed by atoms with E-state index in [1.807, 2.05) is 0 Å². The fourth-order valence-electron chi connectivity index (χ4n) is 1.59. The summed E-state index contributed by atoms with van der Waals surface area (Å²) in [6.07, 6.45) is 0.0873. The van der Waals surface area contributed by atoms with Gasteiger partial charge in [-0.3, -0.25) is 4.79 Å². The maximum atomic E-state index is 13.4. The second-order valence-electron chi connectivity index (χ2n) is 3.99. The van der Waals surface area contributed by atoms with Crippen LogP contribution in [0.15, 0.2) is 47.4 Å². The minimum atomic E-state index is -1.05. The summed E-state index contributed by atoms with van der Waals surface area (Å²) in [5.41, 5.74) is 0.614. The lowest BCUT2D eigenvalue weighted by Gasteiger charge is -2.07. The molecule has 2 aromatic rings. The van der Waals surface area contributed by atoms with Crippen molar-refractivity contribution in [2.45, 2.75) is 11.3 Å². The predicted molar refractivity (Wildman–Crippen MR) is 72.4 cm³/mol. The molecular formula is C14H11F2NOS. The van der Waals surface area contributed by atoms with Crippen LogP contribution < -0.4 is 5.32 Å². The zero-order valence-electron chi connectivity index (χ0n) is 9.86. The average Bonchev–Trinajstić information content (AvgIpc) is 2.38. The molecule has 0 saturated carbocycles. The lowest BCUT2D eigenvalue weighted by molar-refractivity contribution is -0.115. The van der Waals surface area contributed by atoms with E-state index in [1.54, 1.807) is 24.3 Å². The Morgan fingerprint density at radius 1 is 1.11 bits per heavy atom. The van der Waals surface area contributed by atoms with Crippen molar-refractivity contribution in [1.29, 1.82) is 0 Å². The Labute approximate surface area is 114 Å². The van der Waals surface area contributed by atoms with Crippen LogP contribution in [0.4, 0.5) is 14.5 Å². The van der Waals surface area contributed by atoms with E-state index in [0.29, 0.717) is 0 Å². The smallest absolute Gasteiger partial charge is 0.228 e. The highest BCUT2D eigenvalue weighted by Gasteiger charge is 2.10. The molecule has 0 bridgehead atoms. The Morgan fingerprint density at radius 2 is 1.79 bits per heavy atom. The minimum absolute atomic E-state index is 0.0873. The number of anilines is 1. The number of hydrogen-bond acceptors (Lipinski definition) is 2. The van der Waals surface area contributed by atoms with Crippen molar-refractivity contribution < 1.29 is 13.6 Å². The molecule has 19 heavy (non-hydrogen) atoms. The first-order valence-electron chi connectivity index (χ1n) is 5.58. The third-order valence-corrected chi connectivity index (χ3v) is 2.82. The van der Waals surface area contributed by atoms with Crippen molar-refractivity contribution >= 4 is 24.2 Å². The normalized spacial score (nSPS) is 10.3. The maximum Gasteiger partial charge on any atom is 0.228 e. The zero-order valence-corrected chi connectivity index (χ0v) is 10.8. The Bertz CT molecular complexity index is 599. The van der Waals surface area contributed by atoms with E-state index in [0.717, 1.165) is 16.5 Å². The summed E-state index contributed by atoms with van der Waals surface area (Å²) < 4.78 is 26.3. The molecule has 0 unspecified atom stereocenters. The van der Waals surface area contributed by atoms with Crippen LogP contribution in [0.2, 0.25) is 0 Å². The molecule has 0 aliphatic heterocycles. The van der Waals surface area contributed by atoms with Gasteiger partial charge >= 0.3 is 0 Å². The van der Waals surface area contributed by atoms with E-state index < -0.39 is 17.5 Å². The number of amides is 1. The molecule has 0 fully saturated rings. The van der Waals surface area contributed by atoms with Crippen molar-refractivity contribution in [1.82, 2.24) is 0 Å². The van der Waals surface area contributed by atoms with Gasteiger partial charge in [0.05, 0.1) is 12.1 Å². The lowest BCUT2D eigenvalue weighted by atomic mass is 10.1. The monoisotopic (exact) mass is 279 g/mol. The third-order valence-electron chi connectivity index (χ3n) is 2.53. The van der Waals surface area contributed by atoms with E-state index in [1.165, 1.54) is 12.1 Å². The first kappa shape index (κ1) is 13.5. The van der Waals surface area contributed by atoms with Crippen molar-refractivity contribution in [3.05, 3.63) is 59.7 Å². The summed E-state index contributed by atoms with van der Waals surface area (Å²) in [6.45, 7) is 0. The summed E-state index contributed by atoms with van der Waals surface area (Å²) in [7, 11) is 0. The molecule has 2 nitrogen and oxygen atoms in total. The molecule has 0 spiro atoms. The number of halogens is 2. The summed E-state index contributed by atoms with van der Waals surface area (Å²) in [6, 6.07) is 10.7. The molecule has 0 aromatic heterocycles. The van der Waals surface area contributed by atoms with Crippen LogP contribution in [0.1, 0.15) is 5.56 Å². The summed E-state index contributed by atoms with van der Waals surface area (Å²) in [5.74, 6) is -2.45. The number of hydrogen-bond donors (Lipinski definition) is 2. The minimum Gasteiger partial charge on any atom is -0.323 e. The van der Waals surface area contributed by atoms with Crippen LogP contribution >= 0.6 is 12.6 Å². The van der Waals surface area contributed by atoms with Crippen LogP contribution in [0.25, 0.3) is 0 Å². The molecule has 1 N–H and O–H groups in total. The number of rotatable bonds is 3. The van der Waals surface area contributed by atoms with Crippen molar-refractivity contribution in [3.8, 4) is 0 Å². The Morgan fingerprint density at radius 3 is 2.47 bits per heavy atom. The zero-order chi connectivity index (χ0) is 13.8. The fourth-order valence-corrected chi connectivity index (χ4v) is 1.74. The van der Waals surface area contributed by atoms with E-state index in [-0.39, 0.29) is 12.1 Å². The predicted octanol–water partition coefficient (Wildman–Crippen LogP) is 3.43. The molecule has 0 radical (unpaired) electrons. The van der Waals surface area contributed by atoms with Crippen molar-refractivity contribution in [3.63, 3.8) is 0 Å². The maximum absolute atomic E-state index is 13.4. The number of benzene rings is 2. The molecule has 2 rings (SSSR count). The summed E-state index contributed by atoms with van der Waals surface area (Å²) in [5, 5.41) is 2.34. The number of thiol groups is 1. The Kier molecular flexibility index (Phi) is 4.16. The van der Waals surface area contributed by atoms with Crippen molar-refractivity contribution in [2.75, 3.05) is 5.32 Å². The van der Waals surface area contributed by atoms with Crippen LogP contribution in [-0.4, -0.2) is 5.91 Å². The highest BCUT2D eigenvalue weighted by Crippen LogP contribution is 2.17. The number of carbonyl (C=O) groups excluding carboxylic acids is 1. The molecule has 2 aromatic carbocycles. The molecule has 0 atom stereocenters. The highest BCUT2D eigenvalue weighted by molar-refractivity contribution is 7.80. The van der Waals surface area contributed by atoms with Gasteiger partial charge in [0.2, 0.25) is 5.91 Å². The van der Waals surface area contributed by atoms with Gasteiger partial charge in [0, 0.05) is 4.90 Å². The van der Waals surface area contributed by atoms with Crippen LogP contribution in [-0.2, 0) is 11.2 Å². The van der Waals surface area contributed by atoms with Gasteiger partial charge in [-0.2, -0.15) is 0 Å². The van der Waals surface area contributed by atoms with Crippen LogP contribution in [0, 0.1) is 11.6 Å². The number of carbonyl (C=O) groups is 1. The van der Waals surface area contributed by atoms with Gasteiger partial charge in [-0.15, -0.1) is 12.6 Å². The standard InChI is InChI=1S/C14H11F2NOS/c15-11-2-1-3-12(14(11)16)17-13(18)8-9-4-6-10(19)7-5-9/h1-7,19H,8H2,(H,17,18). The van der Waals surface area contributed by atoms with E-state index in [2.05, 4.69) is 17.9 Å². The average molecular weight is 279 g/mol. The topological polar surface area (TPSA) is 29.1 Å². The molecule has 0 saturated heterocycles. The Hall–Kier alpha value is -1.88. The highest BCUT2D eigenvalue weighted by atomic mass is 32.1. The second-order valence-corrected chi connectivity index (χ2v) is 4.51. The van der Waals surface area contributed by atoms with Gasteiger partial charge < -0.3 is 5.32 Å². The quantitative estimate of drug-likeness (QED) is 0.828. The SMILES string of the molecule is O=C(Cc1ccc(S)cc1)Nc1cccc(F)c1F. The fraction of sp³-hybridized carbons (Fsp3) is 0.0714. The lowest BCUT2D eigenvalue weighted by Crippen LogP contribution is -2.15. The summed E-state index contributed by atoms with van der Waals surface area (Å²) >= 11 is 4.14. The van der Waals surface area contributed by atoms with E-state index in [4.69, 9.17) is 0 Å². The molecule has 5 heteroatoms. The van der Waals surface area contributed by atoms with E-state index in [9.17, 15) is 13.6 Å². The van der Waals surface area contributed by atoms with Crippen LogP contribution in [0.3, 0.4) is 0 Å². The number of nitrogens with one attached hydrogen (secondary N) is 1. The molecule has 98 valence electrons. The molecule has 0 heterocycles. The summed E-state index contributed by atoms with van der Waals surface area (Å²) in [4.78, 5) is 12.5. The molecule has 1 amide bonds. The van der Waals surface area contributed by atoms with Crippen molar-refractivity contribution in [2.24, 2.45) is 0 Å². The molecular weight excluding hydrogens is 268 g/mol. The third kappa shape index (κ3) is 3.54. The first-order valence-corrected chi connectivity index (χ1v) is 6.03. The van der Waals surface area contributed by atoms with Gasteiger partial charge in [0.25, 0.3) is 0 Å². The molecule has 0 aliphatic carbocycles. The Balaban J connectivity index is 2.05. The van der Waals surface area contributed by atoms with Gasteiger partial charge in [-0.1, -0.05) is 18.2 Å². The first-order chi connectivity index (χ1) is 9.06. The van der Waals surface area contributed by atoms with Gasteiger partial charge in [0.15, 0.2) is 11.6 Å². The molecule has 0 aliphatic rings. The largest absolute Gasteiger partial charge is 0.323 e. The van der Waals surface area contributed by atoms with Gasteiger partial charge in [0.1, 0.15) is 0 Å².